The van der Waals surface area contributed by atoms with Crippen LogP contribution in [0.4, 0.5) is 4.39 Å². The van der Waals surface area contributed by atoms with Crippen LogP contribution in [-0.2, 0) is 0 Å². The number of rotatable bonds is 4. The molecule has 2 unspecified atom stereocenters. The second-order valence-electron chi connectivity index (χ2n) is 4.95. The molecule has 1 aromatic carbocycles. The molecule has 4 heteroatoms. The standard InChI is InChI=1S/C14H21FN2O/c1-11-10-12(16)6-7-17(11)8-9-18-14-5-3-2-4-13(14)15/h2-5,11-12H,6-10,16H2,1H3. The average molecular weight is 252 g/mol. The topological polar surface area (TPSA) is 38.5 Å². The summed E-state index contributed by atoms with van der Waals surface area (Å²) in [5, 5.41) is 0. The van der Waals surface area contributed by atoms with Crippen LogP contribution < -0.4 is 10.5 Å². The highest BCUT2D eigenvalue weighted by Crippen LogP contribution is 2.17. The SMILES string of the molecule is CC1CC(N)CCN1CCOc1ccccc1F. The molecule has 2 rings (SSSR count). The average Bonchev–Trinajstić information content (AvgIpc) is 2.34. The second kappa shape index (κ2) is 6.16. The Morgan fingerprint density at radius 3 is 2.94 bits per heavy atom. The zero-order chi connectivity index (χ0) is 13.0. The highest BCUT2D eigenvalue weighted by Gasteiger charge is 2.22. The molecule has 0 aliphatic carbocycles. The van der Waals surface area contributed by atoms with Crippen LogP contribution in [-0.4, -0.2) is 36.7 Å². The van der Waals surface area contributed by atoms with Crippen LogP contribution in [0.5, 0.6) is 5.75 Å². The van der Waals surface area contributed by atoms with E-state index in [0.717, 1.165) is 25.9 Å². The summed E-state index contributed by atoms with van der Waals surface area (Å²) in [7, 11) is 0. The molecule has 100 valence electrons. The first-order valence-corrected chi connectivity index (χ1v) is 6.54. The van der Waals surface area contributed by atoms with Crippen molar-refractivity contribution in [1.29, 1.82) is 0 Å². The maximum Gasteiger partial charge on any atom is 0.165 e. The van der Waals surface area contributed by atoms with Crippen molar-refractivity contribution in [1.82, 2.24) is 4.90 Å². The van der Waals surface area contributed by atoms with E-state index in [1.807, 2.05) is 0 Å². The van der Waals surface area contributed by atoms with Crippen molar-refractivity contribution in [3.8, 4) is 5.75 Å². The third-order valence-electron chi connectivity index (χ3n) is 3.53. The van der Waals surface area contributed by atoms with E-state index in [9.17, 15) is 4.39 Å². The summed E-state index contributed by atoms with van der Waals surface area (Å²) in [6, 6.07) is 7.32. The van der Waals surface area contributed by atoms with Crippen molar-refractivity contribution in [3.63, 3.8) is 0 Å². The number of hydrogen-bond donors (Lipinski definition) is 1. The number of likely N-dealkylation sites (tertiary alicyclic amines) is 1. The minimum absolute atomic E-state index is 0.300. The molecule has 1 aliphatic heterocycles. The highest BCUT2D eigenvalue weighted by molar-refractivity contribution is 5.23. The first-order chi connectivity index (χ1) is 8.66. The number of benzene rings is 1. The lowest BCUT2D eigenvalue weighted by Gasteiger charge is -2.36. The van der Waals surface area contributed by atoms with E-state index in [2.05, 4.69) is 11.8 Å². The van der Waals surface area contributed by atoms with Crippen molar-refractivity contribution in [2.75, 3.05) is 19.7 Å². The summed E-state index contributed by atoms with van der Waals surface area (Å²) < 4.78 is 18.8. The van der Waals surface area contributed by atoms with Crippen LogP contribution >= 0.6 is 0 Å². The van der Waals surface area contributed by atoms with E-state index in [1.54, 1.807) is 18.2 Å². The summed E-state index contributed by atoms with van der Waals surface area (Å²) in [4.78, 5) is 2.35. The van der Waals surface area contributed by atoms with Crippen molar-refractivity contribution < 1.29 is 9.13 Å². The maximum atomic E-state index is 13.3. The van der Waals surface area contributed by atoms with Gasteiger partial charge in [0.1, 0.15) is 6.61 Å². The highest BCUT2D eigenvalue weighted by atomic mass is 19.1. The Hall–Kier alpha value is -1.13. The number of halogens is 1. The zero-order valence-corrected chi connectivity index (χ0v) is 10.8. The fourth-order valence-electron chi connectivity index (χ4n) is 2.42. The molecular formula is C14H21FN2O. The molecule has 2 N–H and O–H groups in total. The maximum absolute atomic E-state index is 13.3. The lowest BCUT2D eigenvalue weighted by molar-refractivity contribution is 0.122. The second-order valence-corrected chi connectivity index (χ2v) is 4.95. The number of nitrogens with two attached hydrogens (primary N) is 1. The summed E-state index contributed by atoms with van der Waals surface area (Å²) in [6.45, 7) is 4.52. The molecule has 3 nitrogen and oxygen atoms in total. The largest absolute Gasteiger partial charge is 0.489 e. The van der Waals surface area contributed by atoms with Gasteiger partial charge in [-0.25, -0.2) is 4.39 Å². The quantitative estimate of drug-likeness (QED) is 0.891. The molecule has 1 saturated heterocycles. The first kappa shape index (κ1) is 13.3. The molecule has 2 atom stereocenters. The van der Waals surface area contributed by atoms with Crippen LogP contribution in [0, 0.1) is 5.82 Å². The smallest absolute Gasteiger partial charge is 0.165 e. The summed E-state index contributed by atoms with van der Waals surface area (Å²) in [5.74, 6) is 0.0325. The van der Waals surface area contributed by atoms with E-state index in [4.69, 9.17) is 10.5 Å². The Kier molecular flexibility index (Phi) is 4.55. The molecule has 0 amide bonds. The van der Waals surface area contributed by atoms with Crippen molar-refractivity contribution in [2.45, 2.75) is 31.8 Å². The van der Waals surface area contributed by atoms with Crippen LogP contribution in [0.1, 0.15) is 19.8 Å². The molecule has 1 heterocycles. The first-order valence-electron chi connectivity index (χ1n) is 6.54. The van der Waals surface area contributed by atoms with Gasteiger partial charge in [-0.1, -0.05) is 12.1 Å². The number of hydrogen-bond acceptors (Lipinski definition) is 3. The van der Waals surface area contributed by atoms with Gasteiger partial charge in [-0.3, -0.25) is 4.90 Å². The molecule has 0 aromatic heterocycles. The van der Waals surface area contributed by atoms with E-state index in [-0.39, 0.29) is 5.82 Å². The van der Waals surface area contributed by atoms with Gasteiger partial charge in [0.2, 0.25) is 0 Å². The van der Waals surface area contributed by atoms with Crippen LogP contribution in [0.15, 0.2) is 24.3 Å². The van der Waals surface area contributed by atoms with Crippen molar-refractivity contribution in [2.24, 2.45) is 5.73 Å². The Bertz CT molecular complexity index is 386. The molecule has 0 spiro atoms. The molecule has 1 aromatic rings. The molecule has 0 saturated carbocycles. The van der Waals surface area contributed by atoms with Gasteiger partial charge in [0, 0.05) is 25.2 Å². The predicted octanol–water partition coefficient (Wildman–Crippen LogP) is 2.02. The molecular weight excluding hydrogens is 231 g/mol. The summed E-state index contributed by atoms with van der Waals surface area (Å²) >= 11 is 0. The van der Waals surface area contributed by atoms with Crippen LogP contribution in [0.25, 0.3) is 0 Å². The molecule has 1 fully saturated rings. The monoisotopic (exact) mass is 252 g/mol. The van der Waals surface area contributed by atoms with Gasteiger partial charge in [-0.2, -0.15) is 0 Å². The van der Waals surface area contributed by atoms with E-state index in [0.29, 0.717) is 24.4 Å². The molecule has 0 bridgehead atoms. The minimum atomic E-state index is -0.300. The third-order valence-corrected chi connectivity index (χ3v) is 3.53. The van der Waals surface area contributed by atoms with Gasteiger partial charge in [-0.15, -0.1) is 0 Å². The Balaban J connectivity index is 1.77. The van der Waals surface area contributed by atoms with Crippen molar-refractivity contribution in [3.05, 3.63) is 30.1 Å². The lowest BCUT2D eigenvalue weighted by Crippen LogP contribution is -2.46. The fraction of sp³-hybridized carbons (Fsp3) is 0.571. The van der Waals surface area contributed by atoms with E-state index >= 15 is 0 Å². The minimum Gasteiger partial charge on any atom is -0.489 e. The van der Waals surface area contributed by atoms with Gasteiger partial charge in [0.25, 0.3) is 0 Å². The Morgan fingerprint density at radius 1 is 1.44 bits per heavy atom. The predicted molar refractivity (Wildman–Crippen MR) is 70.1 cm³/mol. The molecule has 1 aliphatic rings. The summed E-state index contributed by atoms with van der Waals surface area (Å²) in [5.41, 5.74) is 5.92. The lowest BCUT2D eigenvalue weighted by atomic mass is 9.99. The van der Waals surface area contributed by atoms with Gasteiger partial charge < -0.3 is 10.5 Å². The number of para-hydroxylation sites is 1. The van der Waals surface area contributed by atoms with Gasteiger partial charge >= 0.3 is 0 Å². The van der Waals surface area contributed by atoms with Gasteiger partial charge in [0.05, 0.1) is 0 Å². The molecule has 0 radical (unpaired) electrons. The van der Waals surface area contributed by atoms with Crippen LogP contribution in [0.2, 0.25) is 0 Å². The van der Waals surface area contributed by atoms with E-state index in [1.165, 1.54) is 6.07 Å². The fourth-order valence-corrected chi connectivity index (χ4v) is 2.42. The van der Waals surface area contributed by atoms with Gasteiger partial charge in [-0.05, 0) is 31.9 Å². The normalized spacial score (nSPS) is 25.1. The Labute approximate surface area is 108 Å². The van der Waals surface area contributed by atoms with Crippen molar-refractivity contribution >= 4 is 0 Å². The van der Waals surface area contributed by atoms with Gasteiger partial charge in [0.15, 0.2) is 11.6 Å². The number of nitrogens with zero attached hydrogens (tertiary/aromatic N) is 1. The molecule has 18 heavy (non-hydrogen) atoms. The number of ether oxygens (including phenoxy) is 1. The number of piperidine rings is 1. The van der Waals surface area contributed by atoms with Crippen LogP contribution in [0.3, 0.4) is 0 Å². The van der Waals surface area contributed by atoms with E-state index < -0.39 is 0 Å². The third kappa shape index (κ3) is 3.43. The summed E-state index contributed by atoms with van der Waals surface area (Å²) in [6.07, 6.45) is 2.06. The Morgan fingerprint density at radius 2 is 2.22 bits per heavy atom. The zero-order valence-electron chi connectivity index (χ0n) is 10.8.